The Kier molecular flexibility index (Phi) is 6.12. The maximum Gasteiger partial charge on any atom is 0.296 e. The summed E-state index contributed by atoms with van der Waals surface area (Å²) < 4.78 is 31.6. The van der Waals surface area contributed by atoms with E-state index in [-0.39, 0.29) is 28.8 Å². The summed E-state index contributed by atoms with van der Waals surface area (Å²) in [7, 11) is -3.84. The fourth-order valence-corrected chi connectivity index (χ4v) is 9.71. The highest BCUT2D eigenvalue weighted by molar-refractivity contribution is 7.86. The monoisotopic (exact) mass is 484 g/mol. The number of fused-ring (bicyclic) bond motifs is 5. The summed E-state index contributed by atoms with van der Waals surface area (Å²) in [5, 5.41) is 0. The van der Waals surface area contributed by atoms with Crippen molar-refractivity contribution in [2.45, 2.75) is 77.5 Å². The summed E-state index contributed by atoms with van der Waals surface area (Å²) in [5.74, 6) is 2.55. The molecular weight excluding hydrogens is 444 g/mol. The lowest BCUT2D eigenvalue weighted by atomic mass is 9.43. The molecular formula is C29H40O4S. The molecule has 0 N–H and O–H groups in total. The summed E-state index contributed by atoms with van der Waals surface area (Å²) in [6.45, 7) is 9.13. The highest BCUT2D eigenvalue weighted by Gasteiger charge is 2.62. The Bertz CT molecular complexity index is 1070. The van der Waals surface area contributed by atoms with Crippen molar-refractivity contribution in [3.05, 3.63) is 42.0 Å². The zero-order valence-electron chi connectivity index (χ0n) is 21.1. The molecule has 1 aromatic rings. The maximum absolute atomic E-state index is 13.5. The second-order valence-corrected chi connectivity index (χ2v) is 13.6. The molecule has 8 atom stereocenters. The predicted octanol–water partition coefficient (Wildman–Crippen LogP) is 6.34. The molecule has 186 valence electrons. The van der Waals surface area contributed by atoms with Crippen LogP contribution in [-0.2, 0) is 19.1 Å². The van der Waals surface area contributed by atoms with Crippen LogP contribution in [0.4, 0.5) is 0 Å². The quantitative estimate of drug-likeness (QED) is 0.361. The van der Waals surface area contributed by atoms with Gasteiger partial charge in [-0.05, 0) is 85.7 Å². The van der Waals surface area contributed by atoms with Crippen LogP contribution in [0.15, 0.2) is 41.3 Å². The van der Waals surface area contributed by atoms with Crippen molar-refractivity contribution in [1.82, 2.24) is 0 Å². The van der Waals surface area contributed by atoms with E-state index < -0.39 is 10.1 Å². The van der Waals surface area contributed by atoms with Crippen LogP contribution in [0.25, 0.3) is 0 Å². The number of carbonyl (C=O) groups is 1. The van der Waals surface area contributed by atoms with Crippen LogP contribution < -0.4 is 0 Å². The molecule has 5 heteroatoms. The first-order chi connectivity index (χ1) is 16.1. The van der Waals surface area contributed by atoms with E-state index in [1.54, 1.807) is 24.3 Å². The van der Waals surface area contributed by atoms with E-state index in [2.05, 4.69) is 32.9 Å². The zero-order chi connectivity index (χ0) is 24.3. The summed E-state index contributed by atoms with van der Waals surface area (Å²) in [5.41, 5.74) is 1.12. The molecule has 3 fully saturated rings. The number of carbonyl (C=O) groups excluding carboxylic acids is 1. The van der Waals surface area contributed by atoms with E-state index in [1.165, 1.54) is 25.7 Å². The molecule has 4 aliphatic carbocycles. The Morgan fingerprint density at radius 2 is 1.79 bits per heavy atom. The van der Waals surface area contributed by atoms with Gasteiger partial charge in [0.2, 0.25) is 0 Å². The topological polar surface area (TPSA) is 60.4 Å². The van der Waals surface area contributed by atoms with Crippen LogP contribution in [0, 0.1) is 53.3 Å². The second-order valence-electron chi connectivity index (χ2n) is 12.0. The Morgan fingerprint density at radius 1 is 1.06 bits per heavy atom. The maximum atomic E-state index is 13.5. The molecule has 4 aliphatic rings. The van der Waals surface area contributed by atoms with Gasteiger partial charge in [0, 0.05) is 18.3 Å². The normalized spacial score (nSPS) is 41.6. The van der Waals surface area contributed by atoms with Crippen LogP contribution >= 0.6 is 0 Å². The minimum absolute atomic E-state index is 0.0258. The molecule has 1 aromatic carbocycles. The molecule has 5 rings (SSSR count). The van der Waals surface area contributed by atoms with Crippen LogP contribution in [0.5, 0.6) is 0 Å². The fourth-order valence-electron chi connectivity index (χ4n) is 8.78. The van der Waals surface area contributed by atoms with E-state index in [9.17, 15) is 13.2 Å². The number of rotatable bonds is 5. The van der Waals surface area contributed by atoms with Gasteiger partial charge in [-0.3, -0.25) is 8.98 Å². The lowest BCUT2D eigenvalue weighted by Gasteiger charge is -2.61. The number of hydrogen-bond donors (Lipinski definition) is 0. The number of allylic oxidation sites excluding steroid dienone is 1. The minimum Gasteiger partial charge on any atom is -0.299 e. The number of benzene rings is 1. The van der Waals surface area contributed by atoms with Crippen LogP contribution in [0.2, 0.25) is 0 Å². The molecule has 0 aromatic heterocycles. The smallest absolute Gasteiger partial charge is 0.296 e. The van der Waals surface area contributed by atoms with Crippen molar-refractivity contribution in [1.29, 1.82) is 0 Å². The molecule has 0 aliphatic heterocycles. The number of hydrogen-bond acceptors (Lipinski definition) is 4. The van der Waals surface area contributed by atoms with Crippen molar-refractivity contribution in [2.24, 2.45) is 46.3 Å². The standard InChI is InChI=1S/C29H40O4S/c1-5-20-11-14-24-23-17-27(30)26-8-6-7-21(29(26,4)25(23)15-16-28(20,24)3)18-33-34(31,32)22-12-9-19(2)10-13-22/h6-7,9-10,12-13,20-21,23-26H,5,8,11,14-18H2,1-4H3/t20-,21?,23-,24-,25-,26+,28+,29+/m0/s1. The van der Waals surface area contributed by atoms with Gasteiger partial charge in [-0.15, -0.1) is 0 Å². The molecule has 0 radical (unpaired) electrons. The van der Waals surface area contributed by atoms with Gasteiger partial charge in [-0.25, -0.2) is 0 Å². The number of Topliss-reactive ketones (excluding diaryl/α,β-unsaturated/α-hetero) is 1. The molecule has 3 saturated carbocycles. The second kappa shape index (κ2) is 8.58. The Hall–Kier alpha value is -1.46. The molecule has 0 bridgehead atoms. The number of aryl methyl sites for hydroxylation is 1. The molecule has 0 heterocycles. The highest BCUT2D eigenvalue weighted by Crippen LogP contribution is 2.67. The molecule has 4 nitrogen and oxygen atoms in total. The molecule has 0 amide bonds. The van der Waals surface area contributed by atoms with Crippen molar-refractivity contribution < 1.29 is 17.4 Å². The van der Waals surface area contributed by atoms with E-state index in [0.29, 0.717) is 35.4 Å². The Labute approximate surface area is 205 Å². The average molecular weight is 485 g/mol. The van der Waals surface area contributed by atoms with Gasteiger partial charge in [-0.1, -0.05) is 57.0 Å². The summed E-state index contributed by atoms with van der Waals surface area (Å²) in [6, 6.07) is 6.81. The van der Waals surface area contributed by atoms with E-state index in [0.717, 1.165) is 24.3 Å². The third-order valence-electron chi connectivity index (χ3n) is 10.8. The van der Waals surface area contributed by atoms with Crippen molar-refractivity contribution in [3.8, 4) is 0 Å². The van der Waals surface area contributed by atoms with Gasteiger partial charge in [-0.2, -0.15) is 8.42 Å². The lowest BCUT2D eigenvalue weighted by molar-refractivity contribution is -0.156. The predicted molar refractivity (Wildman–Crippen MR) is 134 cm³/mol. The van der Waals surface area contributed by atoms with Gasteiger partial charge in [0.05, 0.1) is 11.5 Å². The first kappa shape index (κ1) is 24.2. The van der Waals surface area contributed by atoms with Gasteiger partial charge >= 0.3 is 0 Å². The SMILES string of the molecule is CC[C@H]1CC[C@H]2[C@@H]3CC(=O)[C@H]4CC=CC(COS(=O)(=O)c5ccc(C)cc5)[C@]4(C)[C@H]3CC[C@]12C. The Morgan fingerprint density at radius 3 is 2.50 bits per heavy atom. The van der Waals surface area contributed by atoms with Crippen molar-refractivity contribution >= 4 is 15.9 Å². The summed E-state index contributed by atoms with van der Waals surface area (Å²) >= 11 is 0. The third-order valence-corrected chi connectivity index (χ3v) is 12.0. The van der Waals surface area contributed by atoms with Crippen LogP contribution in [0.3, 0.4) is 0 Å². The van der Waals surface area contributed by atoms with Crippen LogP contribution in [0.1, 0.15) is 71.3 Å². The molecule has 0 saturated heterocycles. The van der Waals surface area contributed by atoms with E-state index in [1.807, 2.05) is 6.92 Å². The zero-order valence-corrected chi connectivity index (χ0v) is 21.9. The average Bonchev–Trinajstić information content (AvgIpc) is 3.15. The first-order valence-corrected chi connectivity index (χ1v) is 14.7. The Balaban J connectivity index is 1.42. The highest BCUT2D eigenvalue weighted by atomic mass is 32.2. The summed E-state index contributed by atoms with van der Waals surface area (Å²) in [6.07, 6.45) is 11.9. The molecule has 1 unspecified atom stereocenters. The first-order valence-electron chi connectivity index (χ1n) is 13.3. The van der Waals surface area contributed by atoms with Gasteiger partial charge in [0.15, 0.2) is 0 Å². The van der Waals surface area contributed by atoms with Crippen LogP contribution in [-0.4, -0.2) is 20.8 Å². The molecule has 0 spiro atoms. The van der Waals surface area contributed by atoms with Gasteiger partial charge in [0.1, 0.15) is 5.78 Å². The van der Waals surface area contributed by atoms with Crippen molar-refractivity contribution in [3.63, 3.8) is 0 Å². The largest absolute Gasteiger partial charge is 0.299 e. The summed E-state index contributed by atoms with van der Waals surface area (Å²) in [4.78, 5) is 13.7. The third kappa shape index (κ3) is 3.64. The van der Waals surface area contributed by atoms with Gasteiger partial charge in [0.25, 0.3) is 10.1 Å². The molecule has 34 heavy (non-hydrogen) atoms. The van der Waals surface area contributed by atoms with Gasteiger partial charge < -0.3 is 0 Å². The van der Waals surface area contributed by atoms with E-state index in [4.69, 9.17) is 4.18 Å². The van der Waals surface area contributed by atoms with Crippen molar-refractivity contribution in [2.75, 3.05) is 6.61 Å². The lowest BCUT2D eigenvalue weighted by Crippen LogP contribution is -2.58. The number of ketones is 1. The fraction of sp³-hybridized carbons (Fsp3) is 0.690. The van der Waals surface area contributed by atoms with E-state index >= 15 is 0 Å². The minimum atomic E-state index is -3.84.